The van der Waals surface area contributed by atoms with E-state index in [1.807, 2.05) is 11.8 Å². The fourth-order valence-corrected chi connectivity index (χ4v) is 2.47. The first-order chi connectivity index (χ1) is 7.38. The predicted octanol–water partition coefficient (Wildman–Crippen LogP) is 4.08. The maximum absolute atomic E-state index is 3.47. The van der Waals surface area contributed by atoms with Crippen LogP contribution in [0.4, 0.5) is 0 Å². The fourth-order valence-electron chi connectivity index (χ4n) is 1.39. The maximum Gasteiger partial charge on any atom is 0.0218 e. The molecule has 0 radical (unpaired) electrons. The Labute approximate surface area is 104 Å². The van der Waals surface area contributed by atoms with Crippen LogP contribution < -0.4 is 5.32 Å². The molecule has 90 valence electrons. The van der Waals surface area contributed by atoms with Crippen LogP contribution in [0.1, 0.15) is 40.2 Å². The zero-order valence-electron chi connectivity index (χ0n) is 11.0. The average Bonchev–Trinajstić information content (AvgIpc) is 2.14. The molecule has 1 aromatic carbocycles. The van der Waals surface area contributed by atoms with Crippen molar-refractivity contribution in [3.63, 3.8) is 0 Å². The molecular weight excluding hydrogens is 214 g/mol. The van der Waals surface area contributed by atoms with Gasteiger partial charge < -0.3 is 5.32 Å². The van der Waals surface area contributed by atoms with Gasteiger partial charge in [-0.3, -0.25) is 0 Å². The Morgan fingerprint density at radius 1 is 1.19 bits per heavy atom. The second-order valence-electron chi connectivity index (χ2n) is 5.36. The molecule has 1 rings (SSSR count). The normalized spacial score (nSPS) is 12.1. The van der Waals surface area contributed by atoms with Crippen LogP contribution in [-0.2, 0) is 6.54 Å². The first kappa shape index (κ1) is 13.6. The lowest BCUT2D eigenvalue weighted by Gasteiger charge is -2.20. The minimum Gasteiger partial charge on any atom is -0.310 e. The van der Waals surface area contributed by atoms with E-state index >= 15 is 0 Å². The molecule has 0 amide bonds. The van der Waals surface area contributed by atoms with Gasteiger partial charge in [-0.25, -0.2) is 0 Å². The van der Waals surface area contributed by atoms with Crippen molar-refractivity contribution in [3.8, 4) is 0 Å². The van der Waals surface area contributed by atoms with Gasteiger partial charge in [-0.1, -0.05) is 52.8 Å². The van der Waals surface area contributed by atoms with Gasteiger partial charge in [-0.05, 0) is 11.6 Å². The summed E-state index contributed by atoms with van der Waals surface area (Å²) in [6, 6.07) is 9.20. The summed E-state index contributed by atoms with van der Waals surface area (Å²) in [6.07, 6.45) is 0. The quantitative estimate of drug-likeness (QED) is 0.792. The number of hydrogen-bond donors (Lipinski definition) is 1. The Hall–Kier alpha value is -0.470. The van der Waals surface area contributed by atoms with E-state index in [0.29, 0.717) is 6.04 Å². The van der Waals surface area contributed by atoms with Gasteiger partial charge in [0, 0.05) is 22.2 Å². The highest BCUT2D eigenvalue weighted by Crippen LogP contribution is 2.33. The Bertz CT molecular complexity index is 326. The first-order valence-electron chi connectivity index (χ1n) is 5.89. The van der Waals surface area contributed by atoms with Gasteiger partial charge in [0.05, 0.1) is 0 Å². The topological polar surface area (TPSA) is 12.0 Å². The average molecular weight is 237 g/mol. The number of rotatable bonds is 4. The largest absolute Gasteiger partial charge is 0.310 e. The third kappa shape index (κ3) is 5.04. The van der Waals surface area contributed by atoms with Crippen LogP contribution in [-0.4, -0.2) is 10.8 Å². The van der Waals surface area contributed by atoms with Gasteiger partial charge in [-0.2, -0.15) is 0 Å². The summed E-state index contributed by atoms with van der Waals surface area (Å²) in [4.78, 5) is 1.39. The second kappa shape index (κ2) is 5.74. The zero-order valence-corrected chi connectivity index (χ0v) is 11.8. The van der Waals surface area contributed by atoms with Crippen LogP contribution in [0, 0.1) is 0 Å². The van der Waals surface area contributed by atoms with Crippen molar-refractivity contribution < 1.29 is 0 Å². The van der Waals surface area contributed by atoms with Crippen molar-refractivity contribution in [2.75, 3.05) is 0 Å². The molecule has 0 aliphatic heterocycles. The Balaban J connectivity index is 2.75. The molecule has 0 bridgehead atoms. The summed E-state index contributed by atoms with van der Waals surface area (Å²) in [6.45, 7) is 12.1. The van der Waals surface area contributed by atoms with Gasteiger partial charge in [0.2, 0.25) is 0 Å². The van der Waals surface area contributed by atoms with Gasteiger partial charge in [-0.15, -0.1) is 11.8 Å². The SMILES string of the molecule is CC(C)NCc1ccccc1SC(C)(C)C. The van der Waals surface area contributed by atoms with Crippen LogP contribution in [0.5, 0.6) is 0 Å². The van der Waals surface area contributed by atoms with E-state index < -0.39 is 0 Å². The molecule has 0 aromatic heterocycles. The molecule has 0 saturated heterocycles. The number of thioether (sulfide) groups is 1. The summed E-state index contributed by atoms with van der Waals surface area (Å²) < 4.78 is 0.272. The van der Waals surface area contributed by atoms with Crippen LogP contribution in [0.3, 0.4) is 0 Å². The lowest BCUT2D eigenvalue weighted by atomic mass is 10.2. The van der Waals surface area contributed by atoms with Crippen molar-refractivity contribution in [2.45, 2.75) is 56.8 Å². The van der Waals surface area contributed by atoms with Gasteiger partial charge in [0.1, 0.15) is 0 Å². The van der Waals surface area contributed by atoms with E-state index in [1.54, 1.807) is 0 Å². The number of nitrogens with one attached hydrogen (secondary N) is 1. The summed E-state index contributed by atoms with van der Waals surface area (Å²) in [5, 5.41) is 3.47. The highest BCUT2D eigenvalue weighted by molar-refractivity contribution is 8.00. The molecule has 16 heavy (non-hydrogen) atoms. The third-order valence-electron chi connectivity index (χ3n) is 2.09. The van der Waals surface area contributed by atoms with E-state index in [4.69, 9.17) is 0 Å². The van der Waals surface area contributed by atoms with Crippen LogP contribution in [0.25, 0.3) is 0 Å². The first-order valence-corrected chi connectivity index (χ1v) is 6.70. The van der Waals surface area contributed by atoms with Crippen molar-refractivity contribution in [3.05, 3.63) is 29.8 Å². The standard InChI is InChI=1S/C14H23NS/c1-11(2)15-10-12-8-6-7-9-13(12)16-14(3,4)5/h6-9,11,15H,10H2,1-5H3. The third-order valence-corrected chi connectivity index (χ3v) is 3.32. The highest BCUT2D eigenvalue weighted by atomic mass is 32.2. The molecule has 1 N–H and O–H groups in total. The molecular formula is C14H23NS. The Morgan fingerprint density at radius 3 is 2.38 bits per heavy atom. The molecule has 0 aliphatic rings. The lowest BCUT2D eigenvalue weighted by Crippen LogP contribution is -2.22. The van der Waals surface area contributed by atoms with Crippen molar-refractivity contribution in [1.29, 1.82) is 0 Å². The van der Waals surface area contributed by atoms with E-state index in [2.05, 4.69) is 64.2 Å². The monoisotopic (exact) mass is 237 g/mol. The Morgan fingerprint density at radius 2 is 1.81 bits per heavy atom. The molecule has 0 fully saturated rings. The highest BCUT2D eigenvalue weighted by Gasteiger charge is 2.14. The summed E-state index contributed by atoms with van der Waals surface area (Å²) in [7, 11) is 0. The molecule has 1 nitrogen and oxygen atoms in total. The van der Waals surface area contributed by atoms with Gasteiger partial charge in [0.15, 0.2) is 0 Å². The molecule has 2 heteroatoms. The minimum atomic E-state index is 0.272. The van der Waals surface area contributed by atoms with Crippen molar-refractivity contribution in [2.24, 2.45) is 0 Å². The molecule has 0 unspecified atom stereocenters. The van der Waals surface area contributed by atoms with Gasteiger partial charge in [0.25, 0.3) is 0 Å². The lowest BCUT2D eigenvalue weighted by molar-refractivity contribution is 0.584. The van der Waals surface area contributed by atoms with Crippen LogP contribution in [0.2, 0.25) is 0 Å². The smallest absolute Gasteiger partial charge is 0.0218 e. The van der Waals surface area contributed by atoms with Crippen molar-refractivity contribution >= 4 is 11.8 Å². The summed E-state index contributed by atoms with van der Waals surface area (Å²) in [5.41, 5.74) is 1.40. The summed E-state index contributed by atoms with van der Waals surface area (Å²) in [5.74, 6) is 0. The predicted molar refractivity (Wildman–Crippen MR) is 74.0 cm³/mol. The molecule has 0 heterocycles. The number of benzene rings is 1. The van der Waals surface area contributed by atoms with Crippen LogP contribution >= 0.6 is 11.8 Å². The molecule has 0 saturated carbocycles. The van der Waals surface area contributed by atoms with E-state index in [-0.39, 0.29) is 4.75 Å². The second-order valence-corrected chi connectivity index (χ2v) is 7.23. The maximum atomic E-state index is 3.47. The van der Waals surface area contributed by atoms with Crippen LogP contribution in [0.15, 0.2) is 29.2 Å². The zero-order chi connectivity index (χ0) is 12.2. The van der Waals surface area contributed by atoms with Crippen molar-refractivity contribution in [1.82, 2.24) is 5.32 Å². The molecule has 1 aromatic rings. The number of hydrogen-bond acceptors (Lipinski definition) is 2. The molecule has 0 spiro atoms. The van der Waals surface area contributed by atoms with E-state index in [9.17, 15) is 0 Å². The molecule has 0 aliphatic carbocycles. The fraction of sp³-hybridized carbons (Fsp3) is 0.571. The minimum absolute atomic E-state index is 0.272. The van der Waals surface area contributed by atoms with Gasteiger partial charge >= 0.3 is 0 Å². The molecule has 0 atom stereocenters. The van der Waals surface area contributed by atoms with E-state index in [1.165, 1.54) is 10.5 Å². The Kier molecular flexibility index (Phi) is 4.88. The summed E-state index contributed by atoms with van der Waals surface area (Å²) >= 11 is 1.94. The van der Waals surface area contributed by atoms with E-state index in [0.717, 1.165) is 6.54 Å².